The summed E-state index contributed by atoms with van der Waals surface area (Å²) in [6.45, 7) is 2.24. The van der Waals surface area contributed by atoms with Crippen LogP contribution < -0.4 is 15.8 Å². The van der Waals surface area contributed by atoms with E-state index < -0.39 is 12.3 Å². The van der Waals surface area contributed by atoms with Gasteiger partial charge in [-0.05, 0) is 31.2 Å². The normalized spacial score (nSPS) is 14.2. The highest BCUT2D eigenvalue weighted by Gasteiger charge is 1.99. The van der Waals surface area contributed by atoms with E-state index in [0.29, 0.717) is 12.3 Å². The lowest BCUT2D eigenvalue weighted by molar-refractivity contribution is 0.123. The van der Waals surface area contributed by atoms with Crippen molar-refractivity contribution >= 4 is 5.69 Å². The van der Waals surface area contributed by atoms with E-state index in [9.17, 15) is 0 Å². The topological polar surface area (TPSA) is 87.7 Å². The number of hydrogen-bond donors (Lipinski definition) is 4. The van der Waals surface area contributed by atoms with Crippen molar-refractivity contribution in [1.82, 2.24) is 0 Å². The van der Waals surface area contributed by atoms with Gasteiger partial charge in [-0.15, -0.1) is 0 Å². The van der Waals surface area contributed by atoms with E-state index in [0.717, 1.165) is 5.69 Å². The molecule has 0 aliphatic heterocycles. The third-order valence-corrected chi connectivity index (χ3v) is 1.86. The molecule has 5 heteroatoms. The predicted octanol–water partition coefficient (Wildman–Crippen LogP) is 0.135. The summed E-state index contributed by atoms with van der Waals surface area (Å²) >= 11 is 0. The van der Waals surface area contributed by atoms with Gasteiger partial charge in [0.15, 0.2) is 0 Å². The van der Waals surface area contributed by atoms with Crippen molar-refractivity contribution in [2.45, 2.75) is 19.3 Å². The summed E-state index contributed by atoms with van der Waals surface area (Å²) in [6.07, 6.45) is -1.35. The monoisotopic (exact) mass is 226 g/mol. The molecule has 0 aliphatic carbocycles. The highest BCUT2D eigenvalue weighted by Crippen LogP contribution is 2.15. The Kier molecular flexibility index (Phi) is 5.04. The lowest BCUT2D eigenvalue weighted by atomic mass is 10.3. The molecule has 5 N–H and O–H groups in total. The fourth-order valence-electron chi connectivity index (χ4n) is 1.11. The third kappa shape index (κ3) is 4.97. The lowest BCUT2D eigenvalue weighted by Gasteiger charge is -2.10. The molecule has 5 nitrogen and oxygen atoms in total. The van der Waals surface area contributed by atoms with Gasteiger partial charge in [-0.2, -0.15) is 0 Å². The van der Waals surface area contributed by atoms with Crippen molar-refractivity contribution in [2.24, 2.45) is 5.73 Å². The molecule has 90 valence electrons. The molecule has 0 bridgehead atoms. The number of aliphatic hydroxyl groups excluding tert-OH is 2. The minimum atomic E-state index is -0.869. The Morgan fingerprint density at radius 3 is 2.44 bits per heavy atom. The van der Waals surface area contributed by atoms with Gasteiger partial charge in [0.1, 0.15) is 18.6 Å². The number of benzene rings is 1. The second-order valence-electron chi connectivity index (χ2n) is 3.63. The molecule has 0 radical (unpaired) electrons. The number of nitrogens with two attached hydrogens (primary N) is 1. The molecule has 0 aromatic heterocycles. The van der Waals surface area contributed by atoms with Gasteiger partial charge >= 0.3 is 0 Å². The Labute approximate surface area is 94.8 Å². The van der Waals surface area contributed by atoms with Crippen LogP contribution in [-0.4, -0.2) is 35.7 Å². The first-order valence-corrected chi connectivity index (χ1v) is 5.16. The molecule has 0 heterocycles. The van der Waals surface area contributed by atoms with Crippen LogP contribution in [0.1, 0.15) is 6.92 Å². The van der Waals surface area contributed by atoms with Crippen LogP contribution in [0, 0.1) is 0 Å². The molecule has 0 aliphatic rings. The predicted molar refractivity (Wildman–Crippen MR) is 62.3 cm³/mol. The SMILES string of the molecule is CC(O)COc1ccc(NCC(N)O)cc1. The Morgan fingerprint density at radius 1 is 1.31 bits per heavy atom. The zero-order valence-electron chi connectivity index (χ0n) is 9.26. The quantitative estimate of drug-likeness (QED) is 0.518. The average Bonchev–Trinajstić information content (AvgIpc) is 2.25. The van der Waals surface area contributed by atoms with Gasteiger partial charge < -0.3 is 26.0 Å². The summed E-state index contributed by atoms with van der Waals surface area (Å²) in [5.74, 6) is 0.694. The molecule has 0 amide bonds. The second-order valence-corrected chi connectivity index (χ2v) is 3.63. The van der Waals surface area contributed by atoms with Gasteiger partial charge in [0.25, 0.3) is 0 Å². The van der Waals surface area contributed by atoms with Crippen molar-refractivity contribution in [1.29, 1.82) is 0 Å². The maximum atomic E-state index is 9.03. The number of anilines is 1. The molecule has 0 spiro atoms. The van der Waals surface area contributed by atoms with Crippen LogP contribution in [0.2, 0.25) is 0 Å². The summed E-state index contributed by atoms with van der Waals surface area (Å²) in [5.41, 5.74) is 6.05. The van der Waals surface area contributed by atoms with Gasteiger partial charge in [-0.1, -0.05) is 0 Å². The fourth-order valence-corrected chi connectivity index (χ4v) is 1.11. The van der Waals surface area contributed by atoms with Crippen LogP contribution in [-0.2, 0) is 0 Å². The average molecular weight is 226 g/mol. The molecule has 1 aromatic rings. The number of rotatable bonds is 6. The van der Waals surface area contributed by atoms with Crippen LogP contribution in [0.4, 0.5) is 5.69 Å². The number of hydrogen-bond acceptors (Lipinski definition) is 5. The molecule has 2 atom stereocenters. The molecular weight excluding hydrogens is 208 g/mol. The molecule has 0 fully saturated rings. The van der Waals surface area contributed by atoms with Crippen LogP contribution in [0.15, 0.2) is 24.3 Å². The van der Waals surface area contributed by atoms with Crippen LogP contribution >= 0.6 is 0 Å². The summed E-state index contributed by atoms with van der Waals surface area (Å²) in [5, 5.41) is 20.9. The summed E-state index contributed by atoms with van der Waals surface area (Å²) in [6, 6.07) is 7.21. The van der Waals surface area contributed by atoms with Gasteiger partial charge in [0, 0.05) is 5.69 Å². The van der Waals surface area contributed by atoms with Crippen LogP contribution in [0.25, 0.3) is 0 Å². The molecular formula is C11H18N2O3. The zero-order valence-corrected chi connectivity index (χ0v) is 9.26. The van der Waals surface area contributed by atoms with E-state index in [1.165, 1.54) is 0 Å². The van der Waals surface area contributed by atoms with Crippen molar-refractivity contribution in [3.05, 3.63) is 24.3 Å². The maximum Gasteiger partial charge on any atom is 0.119 e. The Hall–Kier alpha value is -1.30. The Bertz CT molecular complexity index is 268. The maximum absolute atomic E-state index is 9.03. The largest absolute Gasteiger partial charge is 0.491 e. The molecule has 1 rings (SSSR count). The van der Waals surface area contributed by atoms with Crippen molar-refractivity contribution in [3.63, 3.8) is 0 Å². The fraction of sp³-hybridized carbons (Fsp3) is 0.455. The molecule has 1 aromatic carbocycles. The van der Waals surface area contributed by atoms with Gasteiger partial charge in [-0.3, -0.25) is 0 Å². The van der Waals surface area contributed by atoms with Gasteiger partial charge in [-0.25, -0.2) is 0 Å². The standard InChI is InChI=1S/C11H18N2O3/c1-8(14)7-16-10-4-2-9(3-5-10)13-6-11(12)15/h2-5,8,11,13-15H,6-7,12H2,1H3. The van der Waals surface area contributed by atoms with E-state index in [4.69, 9.17) is 20.7 Å². The minimum absolute atomic E-state index is 0.272. The highest BCUT2D eigenvalue weighted by atomic mass is 16.5. The van der Waals surface area contributed by atoms with Gasteiger partial charge in [0.2, 0.25) is 0 Å². The lowest BCUT2D eigenvalue weighted by Crippen LogP contribution is -2.28. The van der Waals surface area contributed by atoms with Crippen molar-refractivity contribution in [3.8, 4) is 5.75 Å². The van der Waals surface area contributed by atoms with E-state index >= 15 is 0 Å². The summed E-state index contributed by atoms with van der Waals surface area (Å²) in [4.78, 5) is 0. The minimum Gasteiger partial charge on any atom is -0.491 e. The summed E-state index contributed by atoms with van der Waals surface area (Å²) < 4.78 is 5.30. The van der Waals surface area contributed by atoms with E-state index in [2.05, 4.69) is 5.32 Å². The number of aliphatic hydroxyl groups is 2. The second kappa shape index (κ2) is 6.32. The van der Waals surface area contributed by atoms with Crippen molar-refractivity contribution in [2.75, 3.05) is 18.5 Å². The third-order valence-electron chi connectivity index (χ3n) is 1.86. The first kappa shape index (κ1) is 12.8. The first-order chi connectivity index (χ1) is 7.58. The molecule has 16 heavy (non-hydrogen) atoms. The van der Waals surface area contributed by atoms with Gasteiger partial charge in [0.05, 0.1) is 12.6 Å². The Balaban J connectivity index is 2.41. The van der Waals surface area contributed by atoms with E-state index in [1.54, 1.807) is 19.1 Å². The molecule has 0 saturated carbocycles. The number of nitrogens with one attached hydrogen (secondary N) is 1. The van der Waals surface area contributed by atoms with E-state index in [1.807, 2.05) is 12.1 Å². The highest BCUT2D eigenvalue weighted by molar-refractivity contribution is 5.46. The zero-order chi connectivity index (χ0) is 12.0. The molecule has 0 saturated heterocycles. The van der Waals surface area contributed by atoms with Crippen molar-refractivity contribution < 1.29 is 14.9 Å². The smallest absolute Gasteiger partial charge is 0.119 e. The van der Waals surface area contributed by atoms with Crippen LogP contribution in [0.5, 0.6) is 5.75 Å². The van der Waals surface area contributed by atoms with E-state index in [-0.39, 0.29) is 6.61 Å². The Morgan fingerprint density at radius 2 is 1.94 bits per heavy atom. The summed E-state index contributed by atoms with van der Waals surface area (Å²) in [7, 11) is 0. The van der Waals surface area contributed by atoms with Crippen LogP contribution in [0.3, 0.4) is 0 Å². The molecule has 2 unspecified atom stereocenters. The number of ether oxygens (including phenoxy) is 1. The first-order valence-electron chi connectivity index (χ1n) is 5.16.